The van der Waals surface area contributed by atoms with Crippen LogP contribution in [0.2, 0.25) is 0 Å². The number of rotatable bonds is 6. The summed E-state index contributed by atoms with van der Waals surface area (Å²) in [7, 11) is 0. The number of esters is 1. The Hall–Kier alpha value is -2.37. The number of amides is 2. The van der Waals surface area contributed by atoms with Crippen molar-refractivity contribution in [2.24, 2.45) is 5.92 Å². The molecule has 2 aliphatic rings. The standard InChI is InChI=1S/C22H30N2O4/c1-14(2)18-10-6-7-15(3)21(18)23-19(25)13-28-22(27)16-11-20(26)24(12-16)17-8-4-5-9-17/h6-7,10,14,16-17H,4-5,8-9,11-13H2,1-3H3,(H,23,25)/t16-/m0/s1. The van der Waals surface area contributed by atoms with Crippen molar-refractivity contribution in [3.63, 3.8) is 0 Å². The van der Waals surface area contributed by atoms with E-state index in [1.54, 1.807) is 0 Å². The monoisotopic (exact) mass is 386 g/mol. The van der Waals surface area contributed by atoms with E-state index in [-0.39, 0.29) is 36.8 Å². The first-order valence-corrected chi connectivity index (χ1v) is 10.2. The lowest BCUT2D eigenvalue weighted by molar-refractivity contribution is -0.151. The molecule has 1 aliphatic heterocycles. The first-order chi connectivity index (χ1) is 13.4. The molecular weight excluding hydrogens is 356 g/mol. The topological polar surface area (TPSA) is 75.7 Å². The lowest BCUT2D eigenvalue weighted by Gasteiger charge is -2.23. The Balaban J connectivity index is 1.53. The quantitative estimate of drug-likeness (QED) is 0.761. The number of benzene rings is 1. The van der Waals surface area contributed by atoms with Gasteiger partial charge in [0, 0.05) is 24.7 Å². The number of hydrogen-bond acceptors (Lipinski definition) is 4. The van der Waals surface area contributed by atoms with Crippen molar-refractivity contribution >= 4 is 23.5 Å². The zero-order chi connectivity index (χ0) is 20.3. The fraction of sp³-hybridized carbons (Fsp3) is 0.591. The zero-order valence-electron chi connectivity index (χ0n) is 17.0. The van der Waals surface area contributed by atoms with Gasteiger partial charge < -0.3 is 15.0 Å². The van der Waals surface area contributed by atoms with E-state index >= 15 is 0 Å². The van der Waals surface area contributed by atoms with Crippen molar-refractivity contribution in [1.82, 2.24) is 4.90 Å². The van der Waals surface area contributed by atoms with Crippen LogP contribution in [0.25, 0.3) is 0 Å². The lowest BCUT2D eigenvalue weighted by atomic mass is 9.98. The summed E-state index contributed by atoms with van der Waals surface area (Å²) in [4.78, 5) is 38.8. The van der Waals surface area contributed by atoms with Gasteiger partial charge in [0.2, 0.25) is 5.91 Å². The number of nitrogens with one attached hydrogen (secondary N) is 1. The first kappa shape index (κ1) is 20.4. The molecule has 0 bridgehead atoms. The van der Waals surface area contributed by atoms with Gasteiger partial charge in [-0.05, 0) is 36.8 Å². The van der Waals surface area contributed by atoms with Gasteiger partial charge in [-0.25, -0.2) is 0 Å². The van der Waals surface area contributed by atoms with E-state index in [0.717, 1.165) is 42.5 Å². The molecule has 0 radical (unpaired) electrons. The van der Waals surface area contributed by atoms with Crippen LogP contribution in [0.1, 0.15) is 63.0 Å². The average molecular weight is 386 g/mol. The van der Waals surface area contributed by atoms with Gasteiger partial charge in [0.15, 0.2) is 6.61 Å². The van der Waals surface area contributed by atoms with Gasteiger partial charge in [0.1, 0.15) is 0 Å². The molecule has 28 heavy (non-hydrogen) atoms. The Morgan fingerprint density at radius 2 is 1.96 bits per heavy atom. The third-order valence-corrected chi connectivity index (χ3v) is 5.79. The molecule has 1 N–H and O–H groups in total. The van der Waals surface area contributed by atoms with Crippen LogP contribution in [0.5, 0.6) is 0 Å². The minimum absolute atomic E-state index is 0.0276. The Labute approximate surface area is 166 Å². The Morgan fingerprint density at radius 3 is 2.64 bits per heavy atom. The Bertz CT molecular complexity index is 753. The summed E-state index contributed by atoms with van der Waals surface area (Å²) in [5, 5.41) is 2.87. The third-order valence-electron chi connectivity index (χ3n) is 5.79. The SMILES string of the molecule is Cc1cccc(C(C)C)c1NC(=O)COC(=O)[C@H]1CC(=O)N(C2CCCC2)C1. The molecule has 0 spiro atoms. The number of nitrogens with zero attached hydrogens (tertiary/aromatic N) is 1. The van der Waals surface area contributed by atoms with Gasteiger partial charge in [0.05, 0.1) is 5.92 Å². The molecule has 1 atom stereocenters. The number of aryl methyl sites for hydroxylation is 1. The minimum Gasteiger partial charge on any atom is -0.455 e. The second-order valence-corrected chi connectivity index (χ2v) is 8.24. The number of likely N-dealkylation sites (tertiary alicyclic amines) is 1. The molecule has 1 aliphatic carbocycles. The second-order valence-electron chi connectivity index (χ2n) is 8.24. The maximum atomic E-state index is 12.4. The predicted octanol–water partition coefficient (Wildman–Crippen LogP) is 3.39. The summed E-state index contributed by atoms with van der Waals surface area (Å²) in [6.07, 6.45) is 4.50. The van der Waals surface area contributed by atoms with Gasteiger partial charge in [-0.1, -0.05) is 44.9 Å². The molecule has 1 aromatic rings. The van der Waals surface area contributed by atoms with E-state index in [9.17, 15) is 14.4 Å². The van der Waals surface area contributed by atoms with Crippen molar-refractivity contribution in [1.29, 1.82) is 0 Å². The molecule has 6 nitrogen and oxygen atoms in total. The van der Waals surface area contributed by atoms with Crippen LogP contribution in [0, 0.1) is 12.8 Å². The van der Waals surface area contributed by atoms with Crippen LogP contribution in [0.3, 0.4) is 0 Å². The van der Waals surface area contributed by atoms with Gasteiger partial charge in [0.25, 0.3) is 5.91 Å². The van der Waals surface area contributed by atoms with Crippen LogP contribution >= 0.6 is 0 Å². The molecule has 1 saturated heterocycles. The van der Waals surface area contributed by atoms with Crippen LogP contribution in [-0.2, 0) is 19.1 Å². The van der Waals surface area contributed by atoms with Crippen molar-refractivity contribution in [3.05, 3.63) is 29.3 Å². The van der Waals surface area contributed by atoms with Gasteiger partial charge in [-0.3, -0.25) is 14.4 Å². The highest BCUT2D eigenvalue weighted by atomic mass is 16.5. The zero-order valence-corrected chi connectivity index (χ0v) is 17.0. The molecule has 0 aromatic heterocycles. The van der Waals surface area contributed by atoms with Crippen molar-refractivity contribution < 1.29 is 19.1 Å². The van der Waals surface area contributed by atoms with Crippen LogP contribution < -0.4 is 5.32 Å². The maximum absolute atomic E-state index is 12.4. The molecule has 1 aromatic carbocycles. The number of carbonyl (C=O) groups excluding carboxylic acids is 3. The van der Waals surface area contributed by atoms with Crippen LogP contribution in [0.4, 0.5) is 5.69 Å². The van der Waals surface area contributed by atoms with Gasteiger partial charge in [-0.15, -0.1) is 0 Å². The predicted molar refractivity (Wildman–Crippen MR) is 107 cm³/mol. The summed E-state index contributed by atoms with van der Waals surface area (Å²) < 4.78 is 5.23. The molecule has 3 rings (SSSR count). The lowest BCUT2D eigenvalue weighted by Crippen LogP contribution is -2.35. The van der Waals surface area contributed by atoms with Gasteiger partial charge in [-0.2, -0.15) is 0 Å². The van der Waals surface area contributed by atoms with Crippen molar-refractivity contribution in [2.75, 3.05) is 18.5 Å². The normalized spacial score (nSPS) is 20.1. The number of para-hydroxylation sites is 1. The summed E-state index contributed by atoms with van der Waals surface area (Å²) in [6, 6.07) is 6.16. The number of anilines is 1. The van der Waals surface area contributed by atoms with E-state index in [0.29, 0.717) is 6.54 Å². The molecule has 1 heterocycles. The van der Waals surface area contributed by atoms with E-state index in [2.05, 4.69) is 19.2 Å². The highest BCUT2D eigenvalue weighted by molar-refractivity contribution is 5.95. The van der Waals surface area contributed by atoms with Crippen LogP contribution in [0.15, 0.2) is 18.2 Å². The van der Waals surface area contributed by atoms with E-state index in [1.165, 1.54) is 0 Å². The van der Waals surface area contributed by atoms with Crippen molar-refractivity contribution in [3.8, 4) is 0 Å². The maximum Gasteiger partial charge on any atom is 0.311 e. The molecule has 2 fully saturated rings. The smallest absolute Gasteiger partial charge is 0.311 e. The molecule has 1 saturated carbocycles. The third kappa shape index (κ3) is 4.54. The largest absolute Gasteiger partial charge is 0.455 e. The highest BCUT2D eigenvalue weighted by Crippen LogP contribution is 2.30. The van der Waals surface area contributed by atoms with E-state index in [1.807, 2.05) is 30.0 Å². The summed E-state index contributed by atoms with van der Waals surface area (Å²) in [5.41, 5.74) is 2.80. The second kappa shape index (κ2) is 8.76. The molecule has 6 heteroatoms. The highest BCUT2D eigenvalue weighted by Gasteiger charge is 2.39. The fourth-order valence-corrected chi connectivity index (χ4v) is 4.23. The van der Waals surface area contributed by atoms with Crippen molar-refractivity contribution in [2.45, 2.75) is 64.8 Å². The molecule has 152 valence electrons. The number of ether oxygens (including phenoxy) is 1. The van der Waals surface area contributed by atoms with E-state index in [4.69, 9.17) is 4.74 Å². The Kier molecular flexibility index (Phi) is 6.37. The fourth-order valence-electron chi connectivity index (χ4n) is 4.23. The summed E-state index contributed by atoms with van der Waals surface area (Å²) in [5.74, 6) is -0.992. The molecule has 2 amide bonds. The van der Waals surface area contributed by atoms with Crippen LogP contribution in [-0.4, -0.2) is 41.9 Å². The Morgan fingerprint density at radius 1 is 1.25 bits per heavy atom. The number of carbonyl (C=O) groups is 3. The van der Waals surface area contributed by atoms with Gasteiger partial charge >= 0.3 is 5.97 Å². The number of hydrogen-bond donors (Lipinski definition) is 1. The summed E-state index contributed by atoms with van der Waals surface area (Å²) in [6.45, 7) is 6.16. The summed E-state index contributed by atoms with van der Waals surface area (Å²) >= 11 is 0. The first-order valence-electron chi connectivity index (χ1n) is 10.2. The minimum atomic E-state index is -0.467. The average Bonchev–Trinajstić information content (AvgIpc) is 3.30. The molecule has 0 unspecified atom stereocenters. The van der Waals surface area contributed by atoms with E-state index < -0.39 is 11.9 Å². The molecular formula is C22H30N2O4.